The van der Waals surface area contributed by atoms with Gasteiger partial charge in [-0.2, -0.15) is 0 Å². The summed E-state index contributed by atoms with van der Waals surface area (Å²) in [6, 6.07) is 0. The molecule has 1 spiro atoms. The van der Waals surface area contributed by atoms with Crippen molar-refractivity contribution in [3.63, 3.8) is 0 Å². The molecule has 0 aromatic rings. The summed E-state index contributed by atoms with van der Waals surface area (Å²) in [6.45, 7) is 8.18. The van der Waals surface area contributed by atoms with Crippen LogP contribution in [-0.4, -0.2) is 31.2 Å². The van der Waals surface area contributed by atoms with Gasteiger partial charge in [0.25, 0.3) is 0 Å². The van der Waals surface area contributed by atoms with Crippen LogP contribution in [0.25, 0.3) is 0 Å². The van der Waals surface area contributed by atoms with Gasteiger partial charge in [-0.05, 0) is 99.7 Å². The van der Waals surface area contributed by atoms with Crippen LogP contribution in [-0.2, 0) is 19.0 Å². The lowest BCUT2D eigenvalue weighted by molar-refractivity contribution is -0.140. The lowest BCUT2D eigenvalue weighted by atomic mass is 9.64. The molecule has 4 heteroatoms. The molecule has 0 heterocycles. The van der Waals surface area contributed by atoms with Crippen LogP contribution in [0.1, 0.15) is 40.5 Å². The number of allylic oxidation sites excluding steroid dienone is 7. The van der Waals surface area contributed by atoms with E-state index in [1.165, 1.54) is 18.4 Å². The van der Waals surface area contributed by atoms with E-state index in [0.29, 0.717) is 64.9 Å². The third kappa shape index (κ3) is 2.25. The molecular weight excluding hydrogens is 436 g/mol. The van der Waals surface area contributed by atoms with Crippen LogP contribution < -0.4 is 0 Å². The number of carbonyl (C=O) groups is 1. The minimum atomic E-state index is -0.575. The van der Waals surface area contributed by atoms with Crippen LogP contribution in [0.5, 0.6) is 0 Å². The smallest absolute Gasteiger partial charge is 0.211 e. The van der Waals surface area contributed by atoms with Crippen LogP contribution in [0.15, 0.2) is 47.5 Å². The van der Waals surface area contributed by atoms with Gasteiger partial charge in [0.2, 0.25) is 11.5 Å². The fraction of sp³-hybridized carbons (Fsp3) is 0.710. The molecule has 8 aliphatic rings. The zero-order valence-corrected chi connectivity index (χ0v) is 21.5. The Balaban J connectivity index is 1.36. The average molecular weight is 475 g/mol. The molecule has 0 aliphatic heterocycles. The summed E-state index contributed by atoms with van der Waals surface area (Å²) in [5.74, 6) is 6.96. The van der Waals surface area contributed by atoms with Crippen LogP contribution in [0.3, 0.4) is 0 Å². The van der Waals surface area contributed by atoms with Crippen LogP contribution in [0, 0.1) is 70.5 Å². The standard InChI is InChI=1S/C31H38O4/c1-13(2)34-27-25-20-12-19-15-6-7-16(10-15)21(19)24(20)26-22-17-8-9-18(11-17)23(22)30(33-5)31(25,26)29(32)28(27)35-14(3)4/h6-9,12-19,21-26,30H,10-11H2,1-5H3/t15-,16+,17+,18?,19-,21+,22+,23-,24+,25-,26+,30-,31-/m0/s1. The molecule has 0 N–H and O–H groups in total. The summed E-state index contributed by atoms with van der Waals surface area (Å²) in [4.78, 5) is 14.8. The van der Waals surface area contributed by atoms with E-state index in [1.54, 1.807) is 0 Å². The Kier molecular flexibility index (Phi) is 4.10. The number of fused-ring (bicyclic) bond motifs is 15. The first-order valence-electron chi connectivity index (χ1n) is 14.1. The van der Waals surface area contributed by atoms with Crippen molar-refractivity contribution < 1.29 is 19.0 Å². The molecule has 4 saturated carbocycles. The predicted octanol–water partition coefficient (Wildman–Crippen LogP) is 5.32. The van der Waals surface area contributed by atoms with E-state index in [4.69, 9.17) is 14.2 Å². The second-order valence-electron chi connectivity index (χ2n) is 13.3. The first kappa shape index (κ1) is 21.3. The number of ketones is 1. The fourth-order valence-electron chi connectivity index (χ4n) is 11.1. The van der Waals surface area contributed by atoms with Gasteiger partial charge in [-0.15, -0.1) is 0 Å². The average Bonchev–Trinajstić information content (AvgIpc) is 3.62. The van der Waals surface area contributed by atoms with E-state index in [2.05, 4.69) is 44.2 Å². The van der Waals surface area contributed by atoms with Crippen molar-refractivity contribution in [3.8, 4) is 0 Å². The van der Waals surface area contributed by atoms with Crippen molar-refractivity contribution >= 4 is 5.78 Å². The van der Waals surface area contributed by atoms with E-state index < -0.39 is 5.41 Å². The monoisotopic (exact) mass is 474 g/mol. The molecule has 8 rings (SSSR count). The van der Waals surface area contributed by atoms with Gasteiger partial charge in [0, 0.05) is 7.11 Å². The second kappa shape index (κ2) is 6.73. The van der Waals surface area contributed by atoms with Gasteiger partial charge >= 0.3 is 0 Å². The summed E-state index contributed by atoms with van der Waals surface area (Å²) < 4.78 is 19.4. The Labute approximate surface area is 208 Å². The largest absolute Gasteiger partial charge is 0.491 e. The van der Waals surface area contributed by atoms with Crippen molar-refractivity contribution in [1.29, 1.82) is 0 Å². The maximum atomic E-state index is 14.8. The maximum Gasteiger partial charge on any atom is 0.211 e. The van der Waals surface area contributed by atoms with Crippen LogP contribution >= 0.6 is 0 Å². The predicted molar refractivity (Wildman–Crippen MR) is 132 cm³/mol. The molecule has 13 atom stereocenters. The van der Waals surface area contributed by atoms with Crippen molar-refractivity contribution in [2.75, 3.05) is 7.11 Å². The van der Waals surface area contributed by atoms with Gasteiger partial charge in [-0.25, -0.2) is 0 Å². The summed E-state index contributed by atoms with van der Waals surface area (Å²) in [6.07, 6.45) is 14.9. The lowest BCUT2D eigenvalue weighted by Gasteiger charge is -2.39. The Hall–Kier alpha value is -1.81. The first-order valence-corrected chi connectivity index (χ1v) is 14.1. The number of hydrogen-bond acceptors (Lipinski definition) is 4. The summed E-state index contributed by atoms with van der Waals surface area (Å²) >= 11 is 0. The summed E-state index contributed by atoms with van der Waals surface area (Å²) in [5, 5.41) is 0. The number of carbonyl (C=O) groups excluding carboxylic acids is 1. The number of methoxy groups -OCH3 is 1. The molecule has 0 aromatic heterocycles. The zero-order chi connectivity index (χ0) is 24.0. The molecule has 0 aromatic carbocycles. The fourth-order valence-corrected chi connectivity index (χ4v) is 11.1. The van der Waals surface area contributed by atoms with Gasteiger partial charge in [0.15, 0.2) is 5.76 Å². The summed E-state index contributed by atoms with van der Waals surface area (Å²) in [5.41, 5.74) is 0.927. The molecular formula is C31H38O4. The second-order valence-corrected chi connectivity index (χ2v) is 13.3. The topological polar surface area (TPSA) is 44.8 Å². The molecule has 35 heavy (non-hydrogen) atoms. The molecule has 8 aliphatic carbocycles. The quantitative estimate of drug-likeness (QED) is 0.506. The highest BCUT2D eigenvalue weighted by Crippen LogP contribution is 2.80. The lowest BCUT2D eigenvalue weighted by Crippen LogP contribution is -2.48. The van der Waals surface area contributed by atoms with Crippen LogP contribution in [0.2, 0.25) is 0 Å². The Bertz CT molecular complexity index is 1120. The third-order valence-corrected chi connectivity index (χ3v) is 11.4. The summed E-state index contributed by atoms with van der Waals surface area (Å²) in [7, 11) is 1.86. The Morgan fingerprint density at radius 1 is 0.857 bits per heavy atom. The van der Waals surface area contributed by atoms with E-state index >= 15 is 0 Å². The highest BCUT2D eigenvalue weighted by Gasteiger charge is 2.82. The van der Waals surface area contributed by atoms with Gasteiger partial charge in [0.1, 0.15) is 0 Å². The molecule has 4 bridgehead atoms. The first-order chi connectivity index (χ1) is 16.9. The molecule has 4 nitrogen and oxygen atoms in total. The molecule has 1 unspecified atom stereocenters. The zero-order valence-electron chi connectivity index (χ0n) is 21.5. The number of rotatable bonds is 5. The minimum Gasteiger partial charge on any atom is -0.491 e. The van der Waals surface area contributed by atoms with E-state index in [1.807, 2.05) is 21.0 Å². The van der Waals surface area contributed by atoms with Crippen molar-refractivity contribution in [2.24, 2.45) is 70.5 Å². The van der Waals surface area contributed by atoms with Crippen molar-refractivity contribution in [1.82, 2.24) is 0 Å². The minimum absolute atomic E-state index is 0.00435. The van der Waals surface area contributed by atoms with Gasteiger partial charge in [-0.1, -0.05) is 36.0 Å². The van der Waals surface area contributed by atoms with E-state index in [0.717, 1.165) is 5.76 Å². The Morgan fingerprint density at radius 2 is 1.49 bits per heavy atom. The highest BCUT2D eigenvalue weighted by atomic mass is 16.5. The van der Waals surface area contributed by atoms with Crippen molar-refractivity contribution in [2.45, 2.75) is 58.8 Å². The normalized spacial score (nSPS) is 53.1. The third-order valence-electron chi connectivity index (χ3n) is 11.4. The molecule has 186 valence electrons. The highest BCUT2D eigenvalue weighted by molar-refractivity contribution is 6.04. The molecule has 0 amide bonds. The van der Waals surface area contributed by atoms with E-state index in [9.17, 15) is 4.79 Å². The molecule has 0 radical (unpaired) electrons. The SMILES string of the molecule is CO[C@H]1[C@H]2C3C=C[C@H](C3)[C@H]2[C@@H]2[C@@H]3C(=C[C@@H]4[C@H]3[C@@H]3C=C[C@H]4C3)[C@H]3C(OC(C)C)=C(OC(C)C)C(=O)[C@]321. The van der Waals surface area contributed by atoms with E-state index in [-0.39, 0.29) is 30.0 Å². The van der Waals surface area contributed by atoms with Gasteiger partial charge in [0.05, 0.1) is 29.6 Å². The van der Waals surface area contributed by atoms with Crippen LogP contribution in [0.4, 0.5) is 0 Å². The molecule has 4 fully saturated rings. The number of ether oxygens (including phenoxy) is 3. The number of Topliss-reactive ketones (excluding diaryl/α,β-unsaturated/α-hetero) is 1. The van der Waals surface area contributed by atoms with Gasteiger partial charge < -0.3 is 14.2 Å². The van der Waals surface area contributed by atoms with Crippen molar-refractivity contribution in [3.05, 3.63) is 47.5 Å². The van der Waals surface area contributed by atoms with Gasteiger partial charge in [-0.3, -0.25) is 4.79 Å². The maximum absolute atomic E-state index is 14.8. The molecule has 0 saturated heterocycles. The Morgan fingerprint density at radius 3 is 2.17 bits per heavy atom. The number of hydrogen-bond donors (Lipinski definition) is 0.